The molecule has 1 fully saturated rings. The summed E-state index contributed by atoms with van der Waals surface area (Å²) in [6.07, 6.45) is 4.81. The van der Waals surface area contributed by atoms with Crippen LogP contribution in [0.2, 0.25) is 0 Å². The first-order valence-electron chi connectivity index (χ1n) is 23.6. The molecule has 11 aromatic rings. The van der Waals surface area contributed by atoms with Crippen molar-refractivity contribution < 1.29 is 4.42 Å². The highest BCUT2D eigenvalue weighted by atomic mass is 16.3. The summed E-state index contributed by atoms with van der Waals surface area (Å²) in [6.45, 7) is 9.47. The maximum Gasteiger partial charge on any atom is 0.145 e. The van der Waals surface area contributed by atoms with Crippen LogP contribution in [-0.2, 0) is 21.7 Å². The maximum atomic E-state index is 11.6. The molecule has 0 amide bonds. The number of hydrogen-bond donors (Lipinski definition) is 0. The Morgan fingerprint density at radius 2 is 1.03 bits per heavy atom. The van der Waals surface area contributed by atoms with Gasteiger partial charge in [-0.1, -0.05) is 137 Å². The van der Waals surface area contributed by atoms with Gasteiger partial charge in [0.05, 0.1) is 50.6 Å². The fraction of sp³-hybridized carbons (Fsp3) is 0.194. The van der Waals surface area contributed by atoms with E-state index < -0.39 is 10.8 Å². The van der Waals surface area contributed by atoms with Gasteiger partial charge in [-0.15, -0.1) is 0 Å². The van der Waals surface area contributed by atoms with Gasteiger partial charge in [-0.05, 0) is 134 Å². The molecule has 3 aromatic heterocycles. The summed E-state index contributed by atoms with van der Waals surface area (Å²) < 4.78 is 9.78. The average molecular weight is 846 g/mol. The summed E-state index contributed by atoms with van der Waals surface area (Å²) in [5, 5.41) is 29.5. The number of benzene rings is 8. The fourth-order valence-corrected chi connectivity index (χ4v) is 14.5. The number of nitrogens with zero attached hydrogens (tertiary/aromatic N) is 3. The van der Waals surface area contributed by atoms with E-state index in [4.69, 9.17) is 4.42 Å². The van der Waals surface area contributed by atoms with Crippen LogP contribution < -0.4 is 0 Å². The minimum absolute atomic E-state index is 0.134. The van der Waals surface area contributed by atoms with E-state index in [9.17, 15) is 10.5 Å². The molecule has 5 aliphatic rings. The molecule has 3 heterocycles. The molecule has 4 heteroatoms. The zero-order valence-corrected chi connectivity index (χ0v) is 37.4. The second-order valence-electron chi connectivity index (χ2n) is 21.0. The highest BCUT2D eigenvalue weighted by Crippen LogP contribution is 2.63. The second-order valence-corrected chi connectivity index (χ2v) is 21.0. The van der Waals surface area contributed by atoms with Crippen LogP contribution in [0.4, 0.5) is 0 Å². The number of furan rings is 1. The Morgan fingerprint density at radius 3 is 1.67 bits per heavy atom. The third-order valence-corrected chi connectivity index (χ3v) is 17.6. The van der Waals surface area contributed by atoms with Crippen molar-refractivity contribution in [2.24, 2.45) is 0 Å². The van der Waals surface area contributed by atoms with Crippen LogP contribution in [0.15, 0.2) is 144 Å². The van der Waals surface area contributed by atoms with E-state index in [1.165, 1.54) is 47.9 Å². The topological polar surface area (TPSA) is 65.1 Å². The number of aromatic nitrogens is 1. The molecule has 0 unspecified atom stereocenters. The third kappa shape index (κ3) is 3.98. The Kier molecular flexibility index (Phi) is 6.54. The van der Waals surface area contributed by atoms with Crippen LogP contribution in [0.3, 0.4) is 0 Å². The highest BCUT2D eigenvalue weighted by molar-refractivity contribution is 6.37. The lowest BCUT2D eigenvalue weighted by Gasteiger charge is -2.52. The third-order valence-electron chi connectivity index (χ3n) is 17.6. The SMILES string of the molecule is CC12CCC(C)(CC1)c1cc3c(cc12)oc1c3cc2c3c4c(c(C#N)cc3n3c5cc(C#N)c6c(c5c1c23)-c1ccccc1C6(C)C)C(c1ccccc1)(c1ccccc1)c1ccccc1-4. The van der Waals surface area contributed by atoms with Gasteiger partial charge in [0.15, 0.2) is 0 Å². The van der Waals surface area contributed by atoms with E-state index in [-0.39, 0.29) is 10.8 Å². The van der Waals surface area contributed by atoms with Crippen LogP contribution in [-0.4, -0.2) is 4.40 Å². The Labute approximate surface area is 382 Å². The molecule has 66 heavy (non-hydrogen) atoms. The van der Waals surface area contributed by atoms with Gasteiger partial charge in [0.25, 0.3) is 0 Å². The molecule has 2 bridgehead atoms. The highest BCUT2D eigenvalue weighted by Gasteiger charge is 2.51. The molecule has 0 atom stereocenters. The van der Waals surface area contributed by atoms with Crippen LogP contribution in [0.1, 0.15) is 109 Å². The lowest BCUT2D eigenvalue weighted by atomic mass is 9.52. The molecule has 0 spiro atoms. The Bertz CT molecular complexity index is 4080. The van der Waals surface area contributed by atoms with Crippen LogP contribution in [0.5, 0.6) is 0 Å². The first kappa shape index (κ1) is 36.7. The predicted molar refractivity (Wildman–Crippen MR) is 266 cm³/mol. The van der Waals surface area contributed by atoms with Gasteiger partial charge in [0, 0.05) is 32.3 Å². The van der Waals surface area contributed by atoms with Crippen LogP contribution in [0, 0.1) is 22.7 Å². The zero-order chi connectivity index (χ0) is 44.2. The van der Waals surface area contributed by atoms with Crippen LogP contribution >= 0.6 is 0 Å². The van der Waals surface area contributed by atoms with Crippen molar-refractivity contribution in [2.45, 2.75) is 75.0 Å². The van der Waals surface area contributed by atoms with E-state index >= 15 is 0 Å². The number of fused-ring (bicyclic) bond motifs is 20. The first-order valence-corrected chi connectivity index (χ1v) is 23.6. The summed E-state index contributed by atoms with van der Waals surface area (Å²) in [6, 6.07) is 56.2. The first-order chi connectivity index (χ1) is 32.1. The van der Waals surface area contributed by atoms with Crippen molar-refractivity contribution in [3.63, 3.8) is 0 Å². The van der Waals surface area contributed by atoms with Crippen molar-refractivity contribution in [3.05, 3.63) is 195 Å². The van der Waals surface area contributed by atoms with Crippen LogP contribution in [0.25, 0.3) is 82.3 Å². The van der Waals surface area contributed by atoms with Crippen molar-refractivity contribution in [1.29, 1.82) is 10.5 Å². The van der Waals surface area contributed by atoms with Crippen molar-refractivity contribution in [3.8, 4) is 34.4 Å². The van der Waals surface area contributed by atoms with E-state index in [0.717, 1.165) is 105 Å². The van der Waals surface area contributed by atoms with Gasteiger partial charge in [-0.25, -0.2) is 0 Å². The molecule has 0 saturated heterocycles. The molecule has 5 aliphatic carbocycles. The molecule has 16 rings (SSSR count). The molecule has 0 N–H and O–H groups in total. The molecule has 0 aliphatic heterocycles. The van der Waals surface area contributed by atoms with Gasteiger partial charge in [-0.3, -0.25) is 0 Å². The summed E-state index contributed by atoms with van der Waals surface area (Å²) in [5.41, 5.74) is 19.4. The Hall–Kier alpha value is -7.66. The maximum absolute atomic E-state index is 11.6. The standard InChI is InChI=1S/C62H43N3O/c1-59(2)43-21-13-11-19-38(43)52-53-48(27-34(32-63)55(52)59)65-47-28-35(33-64)56-51(39-20-12-14-22-44(39)62(56,36-15-7-5-8-16-36)37-17-9-6-10-18-37)50(47)42-29-41-40-30-45-46(61(4)25-23-60(45,3)24-26-61)31-49(40)66-58(41)54(53)57(42)65/h5-22,27-31H,23-26H2,1-4H3. The normalized spacial score (nSPS) is 20.5. The van der Waals surface area contributed by atoms with E-state index in [0.29, 0.717) is 11.1 Å². The second kappa shape index (κ2) is 11.8. The quantitative estimate of drug-likeness (QED) is 0.174. The summed E-state index contributed by atoms with van der Waals surface area (Å²) in [5.74, 6) is 0. The number of nitriles is 2. The molecule has 8 aromatic carbocycles. The lowest BCUT2D eigenvalue weighted by molar-refractivity contribution is 0.188. The number of rotatable bonds is 2. The molecule has 4 nitrogen and oxygen atoms in total. The minimum atomic E-state index is -0.757. The van der Waals surface area contributed by atoms with E-state index in [1.807, 2.05) is 0 Å². The van der Waals surface area contributed by atoms with Crippen molar-refractivity contribution >= 4 is 60.0 Å². The lowest BCUT2D eigenvalue weighted by Crippen LogP contribution is -2.44. The molecule has 0 radical (unpaired) electrons. The van der Waals surface area contributed by atoms with Crippen molar-refractivity contribution in [2.75, 3.05) is 0 Å². The van der Waals surface area contributed by atoms with E-state index in [1.54, 1.807) is 0 Å². The Balaban J connectivity index is 1.21. The van der Waals surface area contributed by atoms with Gasteiger partial charge >= 0.3 is 0 Å². The fourth-order valence-electron chi connectivity index (χ4n) is 14.5. The zero-order valence-electron chi connectivity index (χ0n) is 37.4. The summed E-state index contributed by atoms with van der Waals surface area (Å²) >= 11 is 0. The molecular weight excluding hydrogens is 803 g/mol. The van der Waals surface area contributed by atoms with Gasteiger partial charge in [0.2, 0.25) is 0 Å². The Morgan fingerprint density at radius 1 is 0.500 bits per heavy atom. The smallest absolute Gasteiger partial charge is 0.145 e. The summed E-state index contributed by atoms with van der Waals surface area (Å²) in [7, 11) is 0. The molecular formula is C62H43N3O. The average Bonchev–Trinajstić information content (AvgIpc) is 4.12. The monoisotopic (exact) mass is 845 g/mol. The van der Waals surface area contributed by atoms with Gasteiger partial charge < -0.3 is 8.82 Å². The predicted octanol–water partition coefficient (Wildman–Crippen LogP) is 15.3. The minimum Gasteiger partial charge on any atom is -0.455 e. The van der Waals surface area contributed by atoms with E-state index in [2.05, 4.69) is 184 Å². The van der Waals surface area contributed by atoms with Crippen molar-refractivity contribution in [1.82, 2.24) is 4.40 Å². The van der Waals surface area contributed by atoms with Gasteiger partial charge in [0.1, 0.15) is 11.2 Å². The summed E-state index contributed by atoms with van der Waals surface area (Å²) in [4.78, 5) is 0. The molecule has 1 saturated carbocycles. The van der Waals surface area contributed by atoms with Gasteiger partial charge in [-0.2, -0.15) is 10.5 Å². The largest absolute Gasteiger partial charge is 0.455 e. The molecule has 312 valence electrons. The number of hydrogen-bond acceptors (Lipinski definition) is 3.